The van der Waals surface area contributed by atoms with E-state index < -0.39 is 0 Å². The average Bonchev–Trinajstić information content (AvgIpc) is 2.99. The Morgan fingerprint density at radius 1 is 1.24 bits per heavy atom. The molecule has 0 aliphatic rings. The highest BCUT2D eigenvalue weighted by atomic mass is 16.2. The molecule has 0 saturated carbocycles. The molecule has 84 valence electrons. The fourth-order valence-electron chi connectivity index (χ4n) is 1.53. The molecule has 3 aromatic rings. The summed E-state index contributed by atoms with van der Waals surface area (Å²) in [5.41, 5.74) is 1.60. The number of hydrogen-bond donors (Lipinski definition) is 3. The Hall–Kier alpha value is -2.70. The van der Waals surface area contributed by atoms with Gasteiger partial charge in [-0.25, -0.2) is 4.98 Å². The number of carbonyl (C=O) groups excluding carboxylic acids is 1. The monoisotopic (exact) mass is 228 g/mol. The van der Waals surface area contributed by atoms with E-state index >= 15 is 0 Å². The van der Waals surface area contributed by atoms with E-state index in [0.717, 1.165) is 10.9 Å². The standard InChI is InChI=1S/C10H8N6O/c17-10(9-11-5-13-16-9)14-7-1-2-8-6(3-7)4-12-15-8/h1-5H,(H,12,15)(H,14,17)(H,11,13,16). The normalized spacial score (nSPS) is 10.6. The van der Waals surface area contributed by atoms with Gasteiger partial charge in [-0.2, -0.15) is 10.2 Å². The van der Waals surface area contributed by atoms with Gasteiger partial charge in [-0.15, -0.1) is 0 Å². The Balaban J connectivity index is 1.87. The molecule has 1 aromatic carbocycles. The predicted octanol–water partition coefficient (Wildman–Crippen LogP) is 0.933. The van der Waals surface area contributed by atoms with Crippen molar-refractivity contribution in [2.75, 3.05) is 5.32 Å². The van der Waals surface area contributed by atoms with Crippen LogP contribution in [0.15, 0.2) is 30.7 Å². The summed E-state index contributed by atoms with van der Waals surface area (Å²) in [6.07, 6.45) is 2.98. The number of nitrogens with one attached hydrogen (secondary N) is 3. The van der Waals surface area contributed by atoms with Crippen LogP contribution in [0.4, 0.5) is 5.69 Å². The van der Waals surface area contributed by atoms with Crippen molar-refractivity contribution in [3.8, 4) is 0 Å². The highest BCUT2D eigenvalue weighted by Crippen LogP contribution is 2.16. The number of aromatic amines is 2. The minimum Gasteiger partial charge on any atom is -0.319 e. The molecule has 0 atom stereocenters. The second kappa shape index (κ2) is 3.71. The zero-order valence-electron chi connectivity index (χ0n) is 8.64. The second-order valence-electron chi connectivity index (χ2n) is 3.46. The number of benzene rings is 1. The molecule has 0 bridgehead atoms. The van der Waals surface area contributed by atoms with E-state index in [-0.39, 0.29) is 11.7 Å². The summed E-state index contributed by atoms with van der Waals surface area (Å²) in [5, 5.41) is 16.5. The molecule has 7 heteroatoms. The molecule has 0 unspecified atom stereocenters. The first-order valence-corrected chi connectivity index (χ1v) is 4.93. The van der Waals surface area contributed by atoms with Gasteiger partial charge in [0.2, 0.25) is 5.82 Å². The van der Waals surface area contributed by atoms with Gasteiger partial charge in [0.15, 0.2) is 0 Å². The van der Waals surface area contributed by atoms with Crippen molar-refractivity contribution in [3.63, 3.8) is 0 Å². The number of rotatable bonds is 2. The number of hydrogen-bond acceptors (Lipinski definition) is 4. The Labute approximate surface area is 95.3 Å². The molecule has 0 fully saturated rings. The van der Waals surface area contributed by atoms with Gasteiger partial charge in [0.05, 0.1) is 11.7 Å². The fourth-order valence-corrected chi connectivity index (χ4v) is 1.53. The van der Waals surface area contributed by atoms with E-state index in [0.29, 0.717) is 5.69 Å². The summed E-state index contributed by atoms with van der Waals surface area (Å²) < 4.78 is 0. The van der Waals surface area contributed by atoms with Crippen LogP contribution >= 0.6 is 0 Å². The molecular formula is C10H8N6O. The topological polar surface area (TPSA) is 99.3 Å². The van der Waals surface area contributed by atoms with Gasteiger partial charge in [0, 0.05) is 11.1 Å². The minimum atomic E-state index is -0.328. The van der Waals surface area contributed by atoms with E-state index in [1.54, 1.807) is 12.3 Å². The van der Waals surface area contributed by atoms with Crippen LogP contribution in [0.25, 0.3) is 10.9 Å². The third kappa shape index (κ3) is 1.73. The Morgan fingerprint density at radius 2 is 2.18 bits per heavy atom. The number of carbonyl (C=O) groups is 1. The molecule has 2 aromatic heterocycles. The van der Waals surface area contributed by atoms with E-state index in [1.807, 2.05) is 12.1 Å². The second-order valence-corrected chi connectivity index (χ2v) is 3.46. The summed E-state index contributed by atoms with van der Waals surface area (Å²) in [4.78, 5) is 15.4. The molecule has 0 aliphatic carbocycles. The van der Waals surface area contributed by atoms with Crippen LogP contribution in [0.3, 0.4) is 0 Å². The van der Waals surface area contributed by atoms with Gasteiger partial charge >= 0.3 is 0 Å². The predicted molar refractivity (Wildman–Crippen MR) is 60.4 cm³/mol. The van der Waals surface area contributed by atoms with Crippen LogP contribution in [0, 0.1) is 0 Å². The lowest BCUT2D eigenvalue weighted by atomic mass is 10.2. The van der Waals surface area contributed by atoms with Crippen molar-refractivity contribution in [3.05, 3.63) is 36.5 Å². The molecule has 7 nitrogen and oxygen atoms in total. The van der Waals surface area contributed by atoms with E-state index in [9.17, 15) is 4.79 Å². The van der Waals surface area contributed by atoms with Gasteiger partial charge in [-0.05, 0) is 18.2 Å². The molecule has 3 rings (SSSR count). The number of aromatic nitrogens is 5. The third-order valence-electron chi connectivity index (χ3n) is 2.33. The molecule has 1 amide bonds. The summed E-state index contributed by atoms with van der Waals surface area (Å²) in [7, 11) is 0. The maximum absolute atomic E-state index is 11.7. The largest absolute Gasteiger partial charge is 0.319 e. The fraction of sp³-hybridized carbons (Fsp3) is 0. The van der Waals surface area contributed by atoms with Crippen molar-refractivity contribution in [1.82, 2.24) is 25.4 Å². The van der Waals surface area contributed by atoms with Gasteiger partial charge in [0.1, 0.15) is 6.33 Å². The Morgan fingerprint density at radius 3 is 3.00 bits per heavy atom. The Kier molecular flexibility index (Phi) is 2.08. The highest BCUT2D eigenvalue weighted by Gasteiger charge is 2.09. The van der Waals surface area contributed by atoms with Crippen LogP contribution in [-0.4, -0.2) is 31.3 Å². The van der Waals surface area contributed by atoms with Gasteiger partial charge < -0.3 is 5.32 Å². The number of fused-ring (bicyclic) bond motifs is 1. The van der Waals surface area contributed by atoms with Crippen molar-refractivity contribution in [2.45, 2.75) is 0 Å². The summed E-state index contributed by atoms with van der Waals surface area (Å²) in [6, 6.07) is 5.46. The number of nitrogens with zero attached hydrogens (tertiary/aromatic N) is 3. The average molecular weight is 228 g/mol. The molecule has 0 saturated heterocycles. The van der Waals surface area contributed by atoms with Crippen LogP contribution in [0.1, 0.15) is 10.6 Å². The summed E-state index contributed by atoms with van der Waals surface area (Å²) >= 11 is 0. The van der Waals surface area contributed by atoms with Crippen LogP contribution in [0.2, 0.25) is 0 Å². The maximum Gasteiger partial charge on any atom is 0.292 e. The summed E-state index contributed by atoms with van der Waals surface area (Å²) in [5.74, 6) is -0.150. The smallest absolute Gasteiger partial charge is 0.292 e. The third-order valence-corrected chi connectivity index (χ3v) is 2.33. The number of anilines is 1. The molecule has 17 heavy (non-hydrogen) atoms. The van der Waals surface area contributed by atoms with Gasteiger partial charge in [-0.3, -0.25) is 15.0 Å². The van der Waals surface area contributed by atoms with Crippen molar-refractivity contribution < 1.29 is 4.79 Å². The molecule has 0 radical (unpaired) electrons. The highest BCUT2D eigenvalue weighted by molar-refractivity contribution is 6.02. The number of amides is 1. The van der Waals surface area contributed by atoms with Crippen LogP contribution < -0.4 is 5.32 Å². The van der Waals surface area contributed by atoms with Crippen molar-refractivity contribution in [2.24, 2.45) is 0 Å². The van der Waals surface area contributed by atoms with Crippen LogP contribution in [-0.2, 0) is 0 Å². The zero-order valence-corrected chi connectivity index (χ0v) is 8.64. The molecular weight excluding hydrogens is 220 g/mol. The summed E-state index contributed by atoms with van der Waals surface area (Å²) in [6.45, 7) is 0. The SMILES string of the molecule is O=C(Nc1ccc2[nH]ncc2c1)c1ncn[nH]1. The van der Waals surface area contributed by atoms with Crippen LogP contribution in [0.5, 0.6) is 0 Å². The molecule has 3 N–H and O–H groups in total. The number of H-pyrrole nitrogens is 2. The molecule has 2 heterocycles. The minimum absolute atomic E-state index is 0.178. The zero-order chi connectivity index (χ0) is 11.7. The first-order chi connectivity index (χ1) is 8.33. The van der Waals surface area contributed by atoms with E-state index in [1.165, 1.54) is 6.33 Å². The van der Waals surface area contributed by atoms with Gasteiger partial charge in [0.25, 0.3) is 5.91 Å². The van der Waals surface area contributed by atoms with Gasteiger partial charge in [-0.1, -0.05) is 0 Å². The van der Waals surface area contributed by atoms with Crippen molar-refractivity contribution >= 4 is 22.5 Å². The quantitative estimate of drug-likeness (QED) is 0.607. The lowest BCUT2D eigenvalue weighted by Gasteiger charge is -2.02. The van der Waals surface area contributed by atoms with Crippen molar-refractivity contribution in [1.29, 1.82) is 0 Å². The lowest BCUT2D eigenvalue weighted by Crippen LogP contribution is -2.13. The molecule has 0 spiro atoms. The van der Waals surface area contributed by atoms with E-state index in [2.05, 4.69) is 30.7 Å². The Bertz CT molecular complexity index is 656. The molecule has 0 aliphatic heterocycles. The lowest BCUT2D eigenvalue weighted by molar-refractivity contribution is 0.101. The first-order valence-electron chi connectivity index (χ1n) is 4.93. The van der Waals surface area contributed by atoms with E-state index in [4.69, 9.17) is 0 Å². The maximum atomic E-state index is 11.7. The first kappa shape index (κ1) is 9.52.